The van der Waals surface area contributed by atoms with Gasteiger partial charge in [-0.1, -0.05) is 121 Å². The smallest absolute Gasteiger partial charge is 0.100 e. The van der Waals surface area contributed by atoms with Gasteiger partial charge in [0.25, 0.3) is 0 Å². The fourth-order valence-electron chi connectivity index (χ4n) is 9.32. The van der Waals surface area contributed by atoms with Gasteiger partial charge in [-0.15, -0.1) is 0 Å². The molecule has 48 heavy (non-hydrogen) atoms. The summed E-state index contributed by atoms with van der Waals surface area (Å²) in [7, 11) is 0. The van der Waals surface area contributed by atoms with Gasteiger partial charge in [0.1, 0.15) is 11.0 Å². The summed E-state index contributed by atoms with van der Waals surface area (Å²) in [5.41, 5.74) is 11.2. The molecule has 5 aromatic heterocycles. The van der Waals surface area contributed by atoms with Crippen LogP contribution in [0.25, 0.3) is 120 Å². The molecule has 0 spiro atoms. The summed E-state index contributed by atoms with van der Waals surface area (Å²) in [6.07, 6.45) is 0. The molecule has 4 nitrogen and oxygen atoms in total. The Morgan fingerprint density at radius 1 is 0.271 bits per heavy atom. The molecule has 4 heteroatoms. The fraction of sp³-hybridized carbons (Fsp3) is 0. The van der Waals surface area contributed by atoms with Crippen molar-refractivity contribution in [2.45, 2.75) is 0 Å². The molecule has 0 fully saturated rings. The average molecular weight is 607 g/mol. The average Bonchev–Trinajstić information content (AvgIpc) is 3.88. The van der Waals surface area contributed by atoms with Crippen LogP contribution in [-0.2, 0) is 0 Å². The molecule has 0 aliphatic carbocycles. The Bertz CT molecular complexity index is 3330. The van der Waals surface area contributed by atoms with Gasteiger partial charge in [0, 0.05) is 53.9 Å². The molecule has 0 saturated carbocycles. The minimum Gasteiger partial charge on any atom is -0.306 e. The van der Waals surface area contributed by atoms with Crippen LogP contribution in [0.15, 0.2) is 133 Å². The summed E-state index contributed by atoms with van der Waals surface area (Å²) in [4.78, 5) is 11.4. The van der Waals surface area contributed by atoms with Gasteiger partial charge >= 0.3 is 0 Å². The summed E-state index contributed by atoms with van der Waals surface area (Å²) in [6, 6.07) is 48.5. The number of nitrogens with zero attached hydrogens (tertiary/aromatic N) is 4. The Hall–Kier alpha value is -6.52. The normalized spacial score (nSPS) is 13.0. The first-order valence-corrected chi connectivity index (χ1v) is 16.5. The van der Waals surface area contributed by atoms with Crippen LogP contribution in [0.3, 0.4) is 0 Å². The molecule has 0 N–H and O–H groups in total. The molecule has 8 aromatic carbocycles. The Morgan fingerprint density at radius 3 is 1.08 bits per heavy atom. The van der Waals surface area contributed by atoms with E-state index in [1.807, 2.05) is 0 Å². The van der Waals surface area contributed by atoms with Gasteiger partial charge in [0.05, 0.1) is 44.1 Å². The zero-order chi connectivity index (χ0) is 30.8. The molecule has 0 bridgehead atoms. The first-order valence-electron chi connectivity index (χ1n) is 16.5. The second kappa shape index (κ2) is 7.88. The van der Waals surface area contributed by atoms with Crippen LogP contribution in [0.4, 0.5) is 0 Å². The zero-order valence-corrected chi connectivity index (χ0v) is 25.5. The number of aromatic nitrogens is 4. The topological polar surface area (TPSA) is 34.6 Å². The van der Waals surface area contributed by atoms with Crippen LogP contribution in [-0.4, -0.2) is 18.8 Å². The Balaban J connectivity index is 1.45. The molecular formula is C44H22N4. The lowest BCUT2D eigenvalue weighted by Crippen LogP contribution is -1.94. The SMILES string of the molecule is c1ccc2c(c1)c1ccccc1c1nc3c(nc21)c1c2cccc4c5ccccc5n(c42)c1c1c3c2cccc3c4ccccc4n1c32. The van der Waals surface area contributed by atoms with E-state index in [1.54, 1.807) is 0 Å². The van der Waals surface area contributed by atoms with Crippen molar-refractivity contribution in [2.24, 2.45) is 0 Å². The lowest BCUT2D eigenvalue weighted by molar-refractivity contribution is 1.33. The third-order valence-corrected chi connectivity index (χ3v) is 11.1. The van der Waals surface area contributed by atoms with Crippen LogP contribution in [0.5, 0.6) is 0 Å². The highest BCUT2D eigenvalue weighted by Crippen LogP contribution is 2.49. The largest absolute Gasteiger partial charge is 0.306 e. The Morgan fingerprint density at radius 2 is 0.625 bits per heavy atom. The highest BCUT2D eigenvalue weighted by atomic mass is 15.0. The molecule has 0 aliphatic heterocycles. The highest BCUT2D eigenvalue weighted by Gasteiger charge is 2.28. The third kappa shape index (κ3) is 2.48. The molecular weight excluding hydrogens is 585 g/mol. The monoisotopic (exact) mass is 606 g/mol. The first kappa shape index (κ1) is 23.8. The van der Waals surface area contributed by atoms with E-state index in [9.17, 15) is 0 Å². The summed E-state index contributed by atoms with van der Waals surface area (Å²) in [5, 5.41) is 14.5. The van der Waals surface area contributed by atoms with Gasteiger partial charge in [-0.25, -0.2) is 9.97 Å². The van der Waals surface area contributed by atoms with E-state index in [1.165, 1.54) is 87.0 Å². The summed E-state index contributed by atoms with van der Waals surface area (Å²) >= 11 is 0. The lowest BCUT2D eigenvalue weighted by Gasteiger charge is -2.12. The summed E-state index contributed by atoms with van der Waals surface area (Å²) < 4.78 is 5.04. The molecule has 0 radical (unpaired) electrons. The maximum Gasteiger partial charge on any atom is 0.100 e. The van der Waals surface area contributed by atoms with E-state index in [2.05, 4.69) is 142 Å². The first-order chi connectivity index (χ1) is 23.9. The van der Waals surface area contributed by atoms with Gasteiger partial charge in [0.15, 0.2) is 0 Å². The lowest BCUT2D eigenvalue weighted by atomic mass is 9.98. The molecule has 13 aromatic rings. The van der Waals surface area contributed by atoms with Crippen molar-refractivity contribution in [1.82, 2.24) is 18.8 Å². The standard InChI is InChI=1S/C44H22N4/c1-3-15-27-23(11-1)24-12-2-4-16-28(24)38-37(27)45-39-35-31-19-9-17-29-25-13-5-7-21-33(25)47(41(29)31)43(35)44-36(40(39)46-38)32-20-10-18-30-26-14-6-8-22-34(26)48(44)42(30)32/h1-22H. The van der Waals surface area contributed by atoms with Crippen LogP contribution in [0.1, 0.15) is 0 Å². The van der Waals surface area contributed by atoms with Crippen LogP contribution in [0, 0.1) is 0 Å². The summed E-state index contributed by atoms with van der Waals surface area (Å²) in [5.74, 6) is 0. The zero-order valence-electron chi connectivity index (χ0n) is 25.5. The fourth-order valence-corrected chi connectivity index (χ4v) is 9.32. The van der Waals surface area contributed by atoms with Crippen molar-refractivity contribution in [3.05, 3.63) is 133 Å². The molecule has 0 aliphatic rings. The number of benzene rings is 8. The van der Waals surface area contributed by atoms with Crippen LogP contribution >= 0.6 is 0 Å². The van der Waals surface area contributed by atoms with Crippen molar-refractivity contribution in [3.63, 3.8) is 0 Å². The van der Waals surface area contributed by atoms with Gasteiger partial charge in [-0.05, 0) is 22.9 Å². The molecule has 0 unspecified atom stereocenters. The van der Waals surface area contributed by atoms with Crippen molar-refractivity contribution in [2.75, 3.05) is 0 Å². The van der Waals surface area contributed by atoms with Crippen molar-refractivity contribution >= 4 is 120 Å². The van der Waals surface area contributed by atoms with Crippen molar-refractivity contribution < 1.29 is 0 Å². The second-order valence-electron chi connectivity index (χ2n) is 13.3. The van der Waals surface area contributed by atoms with Gasteiger partial charge in [0.2, 0.25) is 0 Å². The molecule has 0 atom stereocenters. The van der Waals surface area contributed by atoms with E-state index in [0.29, 0.717) is 0 Å². The molecule has 0 amide bonds. The van der Waals surface area contributed by atoms with Gasteiger partial charge < -0.3 is 8.80 Å². The molecule has 0 saturated heterocycles. The van der Waals surface area contributed by atoms with Crippen LogP contribution < -0.4 is 0 Å². The maximum absolute atomic E-state index is 5.72. The van der Waals surface area contributed by atoms with E-state index in [-0.39, 0.29) is 0 Å². The minimum atomic E-state index is 0.953. The number of rotatable bonds is 0. The van der Waals surface area contributed by atoms with Crippen molar-refractivity contribution in [3.8, 4) is 0 Å². The Kier molecular flexibility index (Phi) is 3.90. The van der Waals surface area contributed by atoms with E-state index in [0.717, 1.165) is 32.8 Å². The summed E-state index contributed by atoms with van der Waals surface area (Å²) in [6.45, 7) is 0. The second-order valence-corrected chi connectivity index (χ2v) is 13.3. The number of para-hydroxylation sites is 4. The number of hydrogen-bond acceptors (Lipinski definition) is 2. The predicted molar refractivity (Wildman–Crippen MR) is 201 cm³/mol. The number of fused-ring (bicyclic) bond motifs is 22. The minimum absolute atomic E-state index is 0.953. The quantitative estimate of drug-likeness (QED) is 0.127. The predicted octanol–water partition coefficient (Wildman–Crippen LogP) is 11.4. The number of hydrogen-bond donors (Lipinski definition) is 0. The van der Waals surface area contributed by atoms with E-state index < -0.39 is 0 Å². The molecule has 13 rings (SSSR count). The molecule has 5 heterocycles. The Labute approximate surface area is 271 Å². The third-order valence-electron chi connectivity index (χ3n) is 11.1. The molecule has 218 valence electrons. The van der Waals surface area contributed by atoms with Gasteiger partial charge in [-0.3, -0.25) is 0 Å². The maximum atomic E-state index is 5.72. The van der Waals surface area contributed by atoms with Crippen LogP contribution in [0.2, 0.25) is 0 Å². The van der Waals surface area contributed by atoms with Gasteiger partial charge in [-0.2, -0.15) is 0 Å². The van der Waals surface area contributed by atoms with Crippen molar-refractivity contribution in [1.29, 1.82) is 0 Å². The van der Waals surface area contributed by atoms with E-state index in [4.69, 9.17) is 9.97 Å². The highest BCUT2D eigenvalue weighted by molar-refractivity contribution is 6.40. The van der Waals surface area contributed by atoms with E-state index >= 15 is 0 Å².